The lowest BCUT2D eigenvalue weighted by molar-refractivity contribution is 0.957. The van der Waals surface area contributed by atoms with Crippen molar-refractivity contribution in [1.82, 2.24) is 0 Å². The van der Waals surface area contributed by atoms with Crippen LogP contribution in [0.3, 0.4) is 0 Å². The Bertz CT molecular complexity index is 6010. The molecular weight excluding hydrogens is 1630 g/mol. The first-order valence-electron chi connectivity index (χ1n) is 52.9. The van der Waals surface area contributed by atoms with Gasteiger partial charge >= 0.3 is 0 Å². The molecule has 0 saturated carbocycles. The molecule has 0 aliphatic heterocycles. The van der Waals surface area contributed by atoms with Crippen LogP contribution in [0.15, 0.2) is 328 Å². The van der Waals surface area contributed by atoms with Crippen LogP contribution in [0.25, 0.3) is 75.8 Å². The van der Waals surface area contributed by atoms with Crippen LogP contribution in [0.2, 0.25) is 0 Å². The molecule has 0 heterocycles. The molecule has 0 heteroatoms. The van der Waals surface area contributed by atoms with E-state index in [1.54, 1.807) is 0 Å². The van der Waals surface area contributed by atoms with Crippen molar-refractivity contribution in [2.45, 2.75) is 300 Å². The minimum Gasteiger partial charge on any atom is -0.0683 e. The summed E-state index contributed by atoms with van der Waals surface area (Å²) < 4.78 is 0. The quantitative estimate of drug-likeness (QED) is 0.133. The monoisotopic (exact) mass is 1810 g/mol. The molecule has 5 aliphatic carbocycles. The van der Waals surface area contributed by atoms with Crippen LogP contribution in [-0.4, -0.2) is 0 Å². The molecule has 0 atom stereocenters. The summed E-state index contributed by atoms with van der Waals surface area (Å²) in [4.78, 5) is 0. The van der Waals surface area contributed by atoms with Crippen molar-refractivity contribution in [3.63, 3.8) is 0 Å². The summed E-state index contributed by atoms with van der Waals surface area (Å²) in [6.07, 6.45) is 8.84. The van der Waals surface area contributed by atoms with E-state index in [-0.39, 0.29) is 0 Å². The highest BCUT2D eigenvalue weighted by atomic mass is 14.3. The van der Waals surface area contributed by atoms with Gasteiger partial charge in [-0.2, -0.15) is 0 Å². The second-order valence-electron chi connectivity index (χ2n) is 30.9. The van der Waals surface area contributed by atoms with E-state index in [1.165, 1.54) is 209 Å². The Kier molecular flexibility index (Phi) is 57.1. The molecule has 0 fully saturated rings. The highest BCUT2D eigenvalue weighted by Gasteiger charge is 2.25. The van der Waals surface area contributed by atoms with Crippen LogP contribution < -0.4 is 0 Å². The molecule has 0 amide bonds. The second kappa shape index (κ2) is 65.7. The van der Waals surface area contributed by atoms with E-state index in [2.05, 4.69) is 376 Å². The molecule has 0 radical (unpaired) electrons. The van der Waals surface area contributed by atoms with Crippen LogP contribution in [0.5, 0.6) is 0 Å². The topological polar surface area (TPSA) is 0 Å². The van der Waals surface area contributed by atoms with Gasteiger partial charge in [0.25, 0.3) is 0 Å². The third kappa shape index (κ3) is 30.8. The lowest BCUT2D eigenvalue weighted by Gasteiger charge is -2.21. The zero-order valence-corrected chi connectivity index (χ0v) is 91.4. The van der Waals surface area contributed by atoms with Gasteiger partial charge in [0.05, 0.1) is 0 Å². The van der Waals surface area contributed by atoms with E-state index >= 15 is 0 Å². The minimum atomic E-state index is 0.558. The first kappa shape index (κ1) is 118. The average molecular weight is 1810 g/mol. The van der Waals surface area contributed by atoms with Crippen LogP contribution >= 0.6 is 0 Å². The third-order valence-corrected chi connectivity index (χ3v) is 23.7. The number of fused-ring (bicyclic) bond motifs is 11. The molecule has 136 heavy (non-hydrogen) atoms. The zero-order valence-electron chi connectivity index (χ0n) is 91.4. The van der Waals surface area contributed by atoms with Crippen molar-refractivity contribution in [1.29, 1.82) is 0 Å². The summed E-state index contributed by atoms with van der Waals surface area (Å²) in [6, 6.07) is 119. The summed E-state index contributed by atoms with van der Waals surface area (Å²) >= 11 is 0. The van der Waals surface area contributed by atoms with Crippen LogP contribution in [0, 0.1) is 41.5 Å². The molecular formula is C136H176. The Morgan fingerprint density at radius 1 is 0.162 bits per heavy atom. The van der Waals surface area contributed by atoms with Gasteiger partial charge in [0.2, 0.25) is 0 Å². The third-order valence-electron chi connectivity index (χ3n) is 23.7. The summed E-state index contributed by atoms with van der Waals surface area (Å²) in [6.45, 7) is 71.4. The van der Waals surface area contributed by atoms with Crippen LogP contribution in [-0.2, 0) is 51.4 Å². The fraction of sp³-hybridized carbons (Fsp3) is 0.324. The molecule has 0 N–H and O–H groups in total. The highest BCUT2D eigenvalue weighted by molar-refractivity contribution is 6.24. The van der Waals surface area contributed by atoms with Crippen molar-refractivity contribution in [3.8, 4) is 11.1 Å². The number of aryl methyl sites for hydroxylation is 6. The molecule has 18 aromatic carbocycles. The molecule has 0 saturated heterocycles. The fourth-order valence-corrected chi connectivity index (χ4v) is 18.0. The van der Waals surface area contributed by atoms with E-state index in [9.17, 15) is 0 Å². The lowest BCUT2D eigenvalue weighted by atomic mass is 9.84. The van der Waals surface area contributed by atoms with Gasteiger partial charge < -0.3 is 0 Å². The van der Waals surface area contributed by atoms with Crippen LogP contribution in [0.1, 0.15) is 340 Å². The maximum Gasteiger partial charge on any atom is 0.00733 e. The summed E-state index contributed by atoms with van der Waals surface area (Å²) in [5, 5.41) is 16.4. The average Bonchev–Trinajstić information content (AvgIpc) is 1.09. The maximum atomic E-state index is 2.32. The maximum absolute atomic E-state index is 2.32. The SMILES string of the molecule is CC.CC.CC.CC.CC.CC.CC.CC.CC.CC.CC.CC.CC.CC.CC1c2ccccc2-c2ccccc21.Cc1cc2ccc3cccc4ccc(c1)c2c34.Cc1ccc2c(c1)Cc1ccccc1C2.Cc1ccc2c(c1)Cc1ccccc1C2.Cc1ccc2ccc3cccc4ccc1c2c34.Cc1cccc2c1Cc1ccccc1C2.Cc1cccc2c1Cc1ccccc1C2. The van der Waals surface area contributed by atoms with E-state index in [0.717, 1.165) is 51.4 Å². The zero-order chi connectivity index (χ0) is 101. The van der Waals surface area contributed by atoms with Gasteiger partial charge in [-0.1, -0.05) is 539 Å². The normalized spacial score (nSPS) is 10.8. The lowest BCUT2D eigenvalue weighted by Crippen LogP contribution is -2.08. The molecule has 0 spiro atoms. The van der Waals surface area contributed by atoms with Gasteiger partial charge in [0, 0.05) is 5.92 Å². The molecule has 720 valence electrons. The molecule has 0 unspecified atom stereocenters. The highest BCUT2D eigenvalue weighted by Crippen LogP contribution is 2.45. The summed E-state index contributed by atoms with van der Waals surface area (Å²) in [7, 11) is 0. The number of hydrogen-bond donors (Lipinski definition) is 0. The van der Waals surface area contributed by atoms with E-state index in [4.69, 9.17) is 0 Å². The Hall–Kier alpha value is -12.0. The van der Waals surface area contributed by atoms with Crippen molar-refractivity contribution in [2.24, 2.45) is 0 Å². The molecule has 5 aliphatic rings. The van der Waals surface area contributed by atoms with E-state index in [0.29, 0.717) is 5.92 Å². The van der Waals surface area contributed by atoms with Gasteiger partial charge in [-0.15, -0.1) is 0 Å². The van der Waals surface area contributed by atoms with Crippen molar-refractivity contribution in [2.75, 3.05) is 0 Å². The Labute approximate surface area is 830 Å². The van der Waals surface area contributed by atoms with Crippen molar-refractivity contribution < 1.29 is 0 Å². The fourth-order valence-electron chi connectivity index (χ4n) is 18.0. The molecule has 0 nitrogen and oxygen atoms in total. The molecule has 0 bridgehead atoms. The summed E-state index contributed by atoms with van der Waals surface area (Å²) in [5.41, 5.74) is 38.1. The van der Waals surface area contributed by atoms with Crippen LogP contribution in [0.4, 0.5) is 0 Å². The first-order chi connectivity index (χ1) is 66.9. The van der Waals surface area contributed by atoms with Crippen molar-refractivity contribution in [3.05, 3.63) is 461 Å². The molecule has 18 aromatic rings. The van der Waals surface area contributed by atoms with Crippen molar-refractivity contribution >= 4 is 64.6 Å². The number of rotatable bonds is 0. The molecule has 23 rings (SSSR count). The van der Waals surface area contributed by atoms with E-state index in [1.807, 2.05) is 194 Å². The van der Waals surface area contributed by atoms with Gasteiger partial charge in [-0.3, -0.25) is 0 Å². The second-order valence-corrected chi connectivity index (χ2v) is 30.9. The van der Waals surface area contributed by atoms with Gasteiger partial charge in [0.1, 0.15) is 0 Å². The smallest absolute Gasteiger partial charge is 0.00733 e. The van der Waals surface area contributed by atoms with Gasteiger partial charge in [-0.25, -0.2) is 0 Å². The van der Waals surface area contributed by atoms with Gasteiger partial charge in [0.15, 0.2) is 0 Å². The Balaban J connectivity index is 0.000000391. The standard InChI is InChI=1S/2C17H12.4C15H14.C14H12.14C2H6/c1-11-9-14-7-5-12-3-2-4-13-6-8-15(10-11)17(14)16(12)13;1-11-5-6-14-8-7-12-3-2-4-13-9-10-15(11)17(14)16(12)13;2*1-11-5-4-8-14-9-12-6-2-3-7-13(12)10-15(11)14;2*1-11-6-7-14-9-12-4-2-3-5-13(12)10-15(14)8-11;1-10-11-6-2-4-8-13(11)14-9-5-3-7-12(10)14;14*1-2/h2*2-10H,1H3;4*2-8H,9-10H2,1H3;2-10H,1H3;14*1-2H3. The van der Waals surface area contributed by atoms with Gasteiger partial charge in [-0.05, 0) is 291 Å². The Morgan fingerprint density at radius 3 is 0.735 bits per heavy atom. The largest absolute Gasteiger partial charge is 0.0683 e. The predicted octanol–water partition coefficient (Wildman–Crippen LogP) is 41.9. The number of benzene rings is 18. The number of hydrogen-bond acceptors (Lipinski definition) is 0. The Morgan fingerprint density at radius 2 is 0.397 bits per heavy atom. The first-order valence-corrected chi connectivity index (χ1v) is 52.9. The van der Waals surface area contributed by atoms with E-state index < -0.39 is 0 Å². The predicted molar refractivity (Wildman–Crippen MR) is 621 cm³/mol. The minimum absolute atomic E-state index is 0.558. The summed E-state index contributed by atoms with van der Waals surface area (Å²) in [5.74, 6) is 0.558. The molecule has 0 aromatic heterocycles.